The molecule has 2 aliphatic carbocycles. The van der Waals surface area contributed by atoms with Crippen LogP contribution in [0.25, 0.3) is 0 Å². The van der Waals surface area contributed by atoms with E-state index in [2.05, 4.69) is 20.8 Å². The molecule has 1 fully saturated rings. The Morgan fingerprint density at radius 1 is 1.21 bits per heavy atom. The van der Waals surface area contributed by atoms with Gasteiger partial charge in [0.05, 0.1) is 0 Å². The van der Waals surface area contributed by atoms with Crippen molar-refractivity contribution in [1.29, 1.82) is 0 Å². The third-order valence-electron chi connectivity index (χ3n) is 3.98. The van der Waals surface area contributed by atoms with E-state index in [4.69, 9.17) is 0 Å². The number of Topliss-reactive ketones (excluding diaryl/α,β-unsaturated/α-hetero) is 1. The summed E-state index contributed by atoms with van der Waals surface area (Å²) in [5, 5.41) is 0. The normalized spacial score (nSPS) is 32.7. The van der Waals surface area contributed by atoms with E-state index in [-0.39, 0.29) is 5.41 Å². The number of hydrogen-bond donors (Lipinski definition) is 0. The van der Waals surface area contributed by atoms with Crippen LogP contribution in [0.5, 0.6) is 0 Å². The first-order chi connectivity index (χ1) is 6.54. The van der Waals surface area contributed by atoms with Crippen molar-refractivity contribution >= 4 is 5.78 Å². The Morgan fingerprint density at radius 3 is 2.57 bits per heavy atom. The van der Waals surface area contributed by atoms with Crippen LogP contribution in [0.3, 0.4) is 0 Å². The number of ketones is 1. The van der Waals surface area contributed by atoms with Crippen molar-refractivity contribution in [2.24, 2.45) is 11.3 Å². The van der Waals surface area contributed by atoms with E-state index in [0.29, 0.717) is 11.7 Å². The maximum absolute atomic E-state index is 11.9. The number of carbonyl (C=O) groups excluding carboxylic acids is 1. The van der Waals surface area contributed by atoms with E-state index < -0.39 is 0 Å². The van der Waals surface area contributed by atoms with Crippen LogP contribution in [-0.2, 0) is 4.79 Å². The molecule has 0 spiro atoms. The van der Waals surface area contributed by atoms with E-state index in [9.17, 15) is 4.79 Å². The Kier molecular flexibility index (Phi) is 2.29. The molecule has 1 nitrogen and oxygen atoms in total. The van der Waals surface area contributed by atoms with Gasteiger partial charge < -0.3 is 0 Å². The topological polar surface area (TPSA) is 17.1 Å². The van der Waals surface area contributed by atoms with Crippen molar-refractivity contribution in [1.82, 2.24) is 0 Å². The molecule has 0 heterocycles. The average molecular weight is 192 g/mol. The fourth-order valence-electron chi connectivity index (χ4n) is 3.16. The third-order valence-corrected chi connectivity index (χ3v) is 3.98. The van der Waals surface area contributed by atoms with Gasteiger partial charge in [0.15, 0.2) is 5.78 Å². The molecule has 78 valence electrons. The molecule has 2 aliphatic rings. The van der Waals surface area contributed by atoms with Gasteiger partial charge in [0.1, 0.15) is 0 Å². The standard InChI is InChI=1S/C13H20O/c1-9(2)10-6-8-13(3)7-4-5-11(14)12(10)13/h9H,4-8H2,1-3H3. The highest BCUT2D eigenvalue weighted by molar-refractivity contribution is 5.98. The minimum atomic E-state index is 0.245. The second-order valence-electron chi connectivity index (χ2n) is 5.39. The fourth-order valence-corrected chi connectivity index (χ4v) is 3.16. The molecule has 14 heavy (non-hydrogen) atoms. The molecule has 0 amide bonds. The molecule has 1 heteroatoms. The van der Waals surface area contributed by atoms with Crippen LogP contribution in [-0.4, -0.2) is 5.78 Å². The first-order valence-corrected chi connectivity index (χ1v) is 5.81. The molecule has 2 rings (SSSR count). The zero-order valence-corrected chi connectivity index (χ0v) is 9.52. The minimum Gasteiger partial charge on any atom is -0.295 e. The lowest BCUT2D eigenvalue weighted by molar-refractivity contribution is -0.118. The van der Waals surface area contributed by atoms with E-state index >= 15 is 0 Å². The van der Waals surface area contributed by atoms with Gasteiger partial charge in [0.25, 0.3) is 0 Å². The Morgan fingerprint density at radius 2 is 1.93 bits per heavy atom. The highest BCUT2D eigenvalue weighted by Gasteiger charge is 2.42. The maximum atomic E-state index is 11.9. The Hall–Kier alpha value is -0.590. The first-order valence-electron chi connectivity index (χ1n) is 5.81. The summed E-state index contributed by atoms with van der Waals surface area (Å²) < 4.78 is 0. The zero-order chi connectivity index (χ0) is 10.3. The van der Waals surface area contributed by atoms with Crippen LogP contribution in [0.1, 0.15) is 52.9 Å². The summed E-state index contributed by atoms with van der Waals surface area (Å²) in [7, 11) is 0. The highest BCUT2D eigenvalue weighted by atomic mass is 16.1. The zero-order valence-electron chi connectivity index (χ0n) is 9.52. The summed E-state index contributed by atoms with van der Waals surface area (Å²) in [5.41, 5.74) is 2.92. The SMILES string of the molecule is CC(C)C1=C2C(=O)CCCC2(C)CC1. The minimum absolute atomic E-state index is 0.245. The van der Waals surface area contributed by atoms with Gasteiger partial charge in [0, 0.05) is 12.0 Å². The fraction of sp³-hybridized carbons (Fsp3) is 0.769. The molecule has 0 N–H and O–H groups in total. The molecule has 0 bridgehead atoms. The van der Waals surface area contributed by atoms with Gasteiger partial charge in [-0.25, -0.2) is 0 Å². The summed E-state index contributed by atoms with van der Waals surface area (Å²) in [6.07, 6.45) is 5.49. The smallest absolute Gasteiger partial charge is 0.159 e. The predicted molar refractivity (Wildman–Crippen MR) is 58.1 cm³/mol. The van der Waals surface area contributed by atoms with Crippen LogP contribution < -0.4 is 0 Å². The molecule has 1 atom stereocenters. The molecule has 0 radical (unpaired) electrons. The second-order valence-corrected chi connectivity index (χ2v) is 5.39. The van der Waals surface area contributed by atoms with E-state index in [1.54, 1.807) is 0 Å². The first kappa shape index (κ1) is 9.95. The number of carbonyl (C=O) groups is 1. The van der Waals surface area contributed by atoms with Crippen LogP contribution >= 0.6 is 0 Å². The summed E-state index contributed by atoms with van der Waals surface area (Å²) in [5.74, 6) is 1.01. The molecule has 0 aromatic carbocycles. The van der Waals surface area contributed by atoms with Crippen LogP contribution in [0.15, 0.2) is 11.1 Å². The Bertz CT molecular complexity index is 298. The lowest BCUT2D eigenvalue weighted by Crippen LogP contribution is -2.27. The van der Waals surface area contributed by atoms with Gasteiger partial charge in [-0.3, -0.25) is 4.79 Å². The monoisotopic (exact) mass is 192 g/mol. The number of hydrogen-bond acceptors (Lipinski definition) is 1. The molecular weight excluding hydrogens is 172 g/mol. The van der Waals surface area contributed by atoms with Gasteiger partial charge in [0.2, 0.25) is 0 Å². The van der Waals surface area contributed by atoms with Crippen molar-refractivity contribution in [3.8, 4) is 0 Å². The van der Waals surface area contributed by atoms with Crippen molar-refractivity contribution in [2.45, 2.75) is 52.9 Å². The summed E-state index contributed by atoms with van der Waals surface area (Å²) in [6, 6.07) is 0. The maximum Gasteiger partial charge on any atom is 0.159 e. The van der Waals surface area contributed by atoms with E-state index in [1.165, 1.54) is 24.0 Å². The lowest BCUT2D eigenvalue weighted by atomic mass is 9.71. The molecule has 0 aromatic rings. The Labute approximate surface area is 86.6 Å². The van der Waals surface area contributed by atoms with Gasteiger partial charge in [-0.05, 0) is 37.0 Å². The summed E-state index contributed by atoms with van der Waals surface area (Å²) in [6.45, 7) is 6.72. The number of allylic oxidation sites excluding steroid dienone is 2. The average Bonchev–Trinajstić information content (AvgIpc) is 2.43. The van der Waals surface area contributed by atoms with Gasteiger partial charge in [-0.1, -0.05) is 26.3 Å². The van der Waals surface area contributed by atoms with Crippen LogP contribution in [0, 0.1) is 11.3 Å². The van der Waals surface area contributed by atoms with Crippen LogP contribution in [0.4, 0.5) is 0 Å². The molecule has 0 aromatic heterocycles. The third kappa shape index (κ3) is 1.34. The van der Waals surface area contributed by atoms with Crippen LogP contribution in [0.2, 0.25) is 0 Å². The summed E-state index contributed by atoms with van der Waals surface area (Å²) >= 11 is 0. The molecular formula is C13H20O. The lowest BCUT2D eigenvalue weighted by Gasteiger charge is -2.32. The molecule has 0 saturated heterocycles. The van der Waals surface area contributed by atoms with Gasteiger partial charge in [-0.15, -0.1) is 0 Å². The van der Waals surface area contributed by atoms with E-state index in [0.717, 1.165) is 19.3 Å². The number of rotatable bonds is 1. The quantitative estimate of drug-likeness (QED) is 0.621. The van der Waals surface area contributed by atoms with Crippen molar-refractivity contribution in [3.63, 3.8) is 0 Å². The summed E-state index contributed by atoms with van der Waals surface area (Å²) in [4.78, 5) is 11.9. The highest BCUT2D eigenvalue weighted by Crippen LogP contribution is 2.51. The van der Waals surface area contributed by atoms with Crippen molar-refractivity contribution in [3.05, 3.63) is 11.1 Å². The van der Waals surface area contributed by atoms with Crippen molar-refractivity contribution in [2.75, 3.05) is 0 Å². The number of fused-ring (bicyclic) bond motifs is 1. The van der Waals surface area contributed by atoms with Gasteiger partial charge in [-0.2, -0.15) is 0 Å². The van der Waals surface area contributed by atoms with Crippen molar-refractivity contribution < 1.29 is 4.79 Å². The van der Waals surface area contributed by atoms with E-state index in [1.807, 2.05) is 0 Å². The molecule has 0 aliphatic heterocycles. The predicted octanol–water partition coefficient (Wildman–Crippen LogP) is 3.49. The molecule has 1 saturated carbocycles. The molecule has 1 unspecified atom stereocenters. The largest absolute Gasteiger partial charge is 0.295 e. The van der Waals surface area contributed by atoms with Gasteiger partial charge >= 0.3 is 0 Å². The second kappa shape index (κ2) is 3.22. The Balaban J connectivity index is 2.43.